The molecule has 0 heterocycles. The van der Waals surface area contributed by atoms with Crippen LogP contribution in [0.25, 0.3) is 0 Å². The minimum absolute atomic E-state index is 0.125. The SMILES string of the molecule is CC1Cc2c(C(=O)O)ccc(C(=O)O)c21.OCCO. The van der Waals surface area contributed by atoms with Crippen LogP contribution < -0.4 is 0 Å². The lowest BCUT2D eigenvalue weighted by Crippen LogP contribution is -2.23. The molecule has 0 bridgehead atoms. The van der Waals surface area contributed by atoms with Gasteiger partial charge in [-0.2, -0.15) is 0 Å². The molecule has 104 valence electrons. The van der Waals surface area contributed by atoms with E-state index in [4.69, 9.17) is 20.4 Å². The molecule has 0 fully saturated rings. The van der Waals surface area contributed by atoms with Crippen LogP contribution in [0.15, 0.2) is 12.1 Å². The van der Waals surface area contributed by atoms with Crippen molar-refractivity contribution in [2.24, 2.45) is 0 Å². The molecular formula is C13H16O6. The Hall–Kier alpha value is -1.92. The predicted octanol–water partition coefficient (Wildman–Crippen LogP) is 0.714. The van der Waals surface area contributed by atoms with Crippen LogP contribution in [0.1, 0.15) is 44.7 Å². The first-order valence-electron chi connectivity index (χ1n) is 5.78. The fraction of sp³-hybridized carbons (Fsp3) is 0.385. The molecule has 0 saturated carbocycles. The zero-order valence-corrected chi connectivity index (χ0v) is 10.5. The van der Waals surface area contributed by atoms with Gasteiger partial charge in [0.15, 0.2) is 0 Å². The third kappa shape index (κ3) is 3.10. The van der Waals surface area contributed by atoms with Crippen molar-refractivity contribution in [3.8, 4) is 0 Å². The quantitative estimate of drug-likeness (QED) is 0.642. The number of benzene rings is 1. The molecule has 6 nitrogen and oxygen atoms in total. The van der Waals surface area contributed by atoms with Gasteiger partial charge in [-0.3, -0.25) is 0 Å². The molecule has 0 saturated heterocycles. The molecule has 1 aliphatic rings. The molecule has 2 rings (SSSR count). The van der Waals surface area contributed by atoms with Crippen molar-refractivity contribution >= 4 is 11.9 Å². The molecule has 0 aromatic heterocycles. The molecule has 0 aliphatic heterocycles. The smallest absolute Gasteiger partial charge is 0.335 e. The molecule has 1 aliphatic carbocycles. The highest BCUT2D eigenvalue weighted by Crippen LogP contribution is 2.39. The Bertz CT molecular complexity index is 492. The van der Waals surface area contributed by atoms with Crippen LogP contribution in [0.2, 0.25) is 0 Å². The Morgan fingerprint density at radius 1 is 1.11 bits per heavy atom. The molecule has 0 spiro atoms. The molecule has 4 N–H and O–H groups in total. The maximum atomic E-state index is 10.9. The molecule has 1 aromatic rings. The Kier molecular flexibility index (Phi) is 5.02. The number of hydrogen-bond donors (Lipinski definition) is 4. The van der Waals surface area contributed by atoms with Gasteiger partial charge in [0.2, 0.25) is 0 Å². The number of hydrogen-bond acceptors (Lipinski definition) is 4. The summed E-state index contributed by atoms with van der Waals surface area (Å²) in [7, 11) is 0. The van der Waals surface area contributed by atoms with E-state index in [1.807, 2.05) is 6.92 Å². The van der Waals surface area contributed by atoms with Gasteiger partial charge in [0, 0.05) is 0 Å². The van der Waals surface area contributed by atoms with E-state index < -0.39 is 11.9 Å². The number of carboxylic acids is 2. The zero-order valence-electron chi connectivity index (χ0n) is 10.5. The van der Waals surface area contributed by atoms with E-state index in [2.05, 4.69) is 0 Å². The van der Waals surface area contributed by atoms with E-state index in [0.29, 0.717) is 17.5 Å². The van der Waals surface area contributed by atoms with Crippen molar-refractivity contribution in [1.82, 2.24) is 0 Å². The first-order valence-corrected chi connectivity index (χ1v) is 5.78. The molecule has 0 amide bonds. The number of fused-ring (bicyclic) bond motifs is 1. The number of rotatable bonds is 3. The minimum atomic E-state index is -0.991. The Morgan fingerprint density at radius 2 is 1.58 bits per heavy atom. The highest BCUT2D eigenvalue weighted by atomic mass is 16.4. The largest absolute Gasteiger partial charge is 0.478 e. The average Bonchev–Trinajstić information content (AvgIpc) is 2.36. The van der Waals surface area contributed by atoms with Crippen molar-refractivity contribution in [3.05, 3.63) is 34.4 Å². The van der Waals surface area contributed by atoms with E-state index in [0.717, 1.165) is 0 Å². The minimum Gasteiger partial charge on any atom is -0.478 e. The summed E-state index contributed by atoms with van der Waals surface area (Å²) >= 11 is 0. The van der Waals surface area contributed by atoms with Gasteiger partial charge in [0.05, 0.1) is 24.3 Å². The zero-order chi connectivity index (χ0) is 14.6. The van der Waals surface area contributed by atoms with Crippen molar-refractivity contribution in [2.45, 2.75) is 19.3 Å². The molecule has 6 heteroatoms. The van der Waals surface area contributed by atoms with E-state index in [1.54, 1.807) is 0 Å². The van der Waals surface area contributed by atoms with Crippen LogP contribution in [0.3, 0.4) is 0 Å². The molecule has 19 heavy (non-hydrogen) atoms. The van der Waals surface area contributed by atoms with Crippen LogP contribution in [0.4, 0.5) is 0 Å². The first kappa shape index (κ1) is 15.1. The Labute approximate surface area is 109 Å². The van der Waals surface area contributed by atoms with Gasteiger partial charge in [0.1, 0.15) is 0 Å². The Morgan fingerprint density at radius 3 is 1.95 bits per heavy atom. The Balaban J connectivity index is 0.000000399. The highest BCUT2D eigenvalue weighted by molar-refractivity contribution is 5.96. The normalized spacial score (nSPS) is 15.6. The standard InChI is InChI=1S/C11H10O4.C2H6O2/c1-5-4-8-6(10(12)13)2-3-7(9(5)8)11(14)15;3-1-2-4/h2-3,5H,4H2,1H3,(H,12,13)(H,14,15);3-4H,1-2H2. The summed E-state index contributed by atoms with van der Waals surface area (Å²) in [5.41, 5.74) is 1.82. The van der Waals surface area contributed by atoms with Gasteiger partial charge in [-0.25, -0.2) is 9.59 Å². The summed E-state index contributed by atoms with van der Waals surface area (Å²) in [5.74, 6) is -1.84. The van der Waals surface area contributed by atoms with Crippen LogP contribution >= 0.6 is 0 Å². The number of carbonyl (C=O) groups is 2. The van der Waals surface area contributed by atoms with Crippen LogP contribution in [0.5, 0.6) is 0 Å². The topological polar surface area (TPSA) is 115 Å². The van der Waals surface area contributed by atoms with Crippen molar-refractivity contribution < 1.29 is 30.0 Å². The summed E-state index contributed by atoms with van der Waals surface area (Å²) in [6.07, 6.45) is 0.651. The van der Waals surface area contributed by atoms with Crippen LogP contribution in [0, 0.1) is 0 Å². The molecule has 1 aromatic carbocycles. The van der Waals surface area contributed by atoms with E-state index in [1.165, 1.54) is 12.1 Å². The van der Waals surface area contributed by atoms with Gasteiger partial charge < -0.3 is 20.4 Å². The van der Waals surface area contributed by atoms with E-state index >= 15 is 0 Å². The monoisotopic (exact) mass is 268 g/mol. The summed E-state index contributed by atoms with van der Waals surface area (Å²) in [4.78, 5) is 21.7. The maximum Gasteiger partial charge on any atom is 0.335 e. The fourth-order valence-corrected chi connectivity index (χ4v) is 2.11. The second-order valence-corrected chi connectivity index (χ2v) is 4.22. The number of aromatic carboxylic acids is 2. The lowest BCUT2D eigenvalue weighted by atomic mass is 9.73. The van der Waals surface area contributed by atoms with Crippen LogP contribution in [-0.2, 0) is 6.42 Å². The molecule has 0 radical (unpaired) electrons. The average molecular weight is 268 g/mol. The van der Waals surface area contributed by atoms with Gasteiger partial charge in [0.25, 0.3) is 0 Å². The summed E-state index contributed by atoms with van der Waals surface area (Å²) in [5, 5.41) is 33.1. The highest BCUT2D eigenvalue weighted by Gasteiger charge is 2.31. The van der Waals surface area contributed by atoms with Crippen LogP contribution in [-0.4, -0.2) is 45.6 Å². The second kappa shape index (κ2) is 6.31. The van der Waals surface area contributed by atoms with Gasteiger partial charge in [-0.1, -0.05) is 6.92 Å². The van der Waals surface area contributed by atoms with Gasteiger partial charge in [-0.15, -0.1) is 0 Å². The molecule has 1 atom stereocenters. The van der Waals surface area contributed by atoms with Gasteiger partial charge in [-0.05, 0) is 35.6 Å². The summed E-state index contributed by atoms with van der Waals surface area (Å²) in [6, 6.07) is 2.75. The second-order valence-electron chi connectivity index (χ2n) is 4.22. The molecular weight excluding hydrogens is 252 g/mol. The van der Waals surface area contributed by atoms with Crippen molar-refractivity contribution in [2.75, 3.05) is 13.2 Å². The third-order valence-electron chi connectivity index (χ3n) is 2.92. The summed E-state index contributed by atoms with van der Waals surface area (Å²) < 4.78 is 0. The first-order chi connectivity index (χ1) is 8.93. The maximum absolute atomic E-state index is 10.9. The van der Waals surface area contributed by atoms with Crippen molar-refractivity contribution in [3.63, 3.8) is 0 Å². The lowest BCUT2D eigenvalue weighted by molar-refractivity contribution is 0.0676. The predicted molar refractivity (Wildman–Crippen MR) is 66.7 cm³/mol. The number of aliphatic hydroxyl groups is 2. The summed E-state index contributed by atoms with van der Waals surface area (Å²) in [6.45, 7) is 1.65. The van der Waals surface area contributed by atoms with Crippen molar-refractivity contribution in [1.29, 1.82) is 0 Å². The molecule has 1 unspecified atom stereocenters. The van der Waals surface area contributed by atoms with E-state index in [-0.39, 0.29) is 30.3 Å². The lowest BCUT2D eigenvalue weighted by Gasteiger charge is -2.30. The van der Waals surface area contributed by atoms with E-state index in [9.17, 15) is 9.59 Å². The number of aliphatic hydroxyl groups excluding tert-OH is 2. The number of carboxylic acid groups (broad SMARTS) is 2. The fourth-order valence-electron chi connectivity index (χ4n) is 2.11. The third-order valence-corrected chi connectivity index (χ3v) is 2.92. The van der Waals surface area contributed by atoms with Gasteiger partial charge >= 0.3 is 11.9 Å².